The zero-order valence-electron chi connectivity index (χ0n) is 42.4. The van der Waals surface area contributed by atoms with E-state index in [1.807, 2.05) is 31.7 Å². The van der Waals surface area contributed by atoms with E-state index in [1.54, 1.807) is 66.7 Å². The molecule has 5 aliphatic rings. The molecule has 5 atom stereocenters. The first kappa shape index (κ1) is 54.6. The van der Waals surface area contributed by atoms with Gasteiger partial charge in [-0.05, 0) is 91.9 Å². The van der Waals surface area contributed by atoms with Gasteiger partial charge in [0.25, 0.3) is 17.7 Å². The first-order chi connectivity index (χ1) is 35.8. The predicted molar refractivity (Wildman–Crippen MR) is 271 cm³/mol. The van der Waals surface area contributed by atoms with Gasteiger partial charge in [-0.1, -0.05) is 44.5 Å². The number of imide groups is 1. The van der Waals surface area contributed by atoms with Gasteiger partial charge in [0.15, 0.2) is 0 Å². The van der Waals surface area contributed by atoms with Crippen molar-refractivity contribution < 1.29 is 65.1 Å². The van der Waals surface area contributed by atoms with E-state index in [0.717, 1.165) is 11.8 Å². The molecule has 0 bridgehead atoms. The maximum atomic E-state index is 16.6. The highest BCUT2D eigenvalue weighted by Crippen LogP contribution is 2.61. The second kappa shape index (κ2) is 20.3. The molecule has 1 spiro atoms. The number of hydrogen-bond donors (Lipinski definition) is 3. The van der Waals surface area contributed by atoms with Gasteiger partial charge >= 0.3 is 14.0 Å². The number of pyridine rings is 1. The largest absolute Gasteiger partial charge is 0.495 e. The second-order valence-electron chi connectivity index (χ2n) is 20.9. The van der Waals surface area contributed by atoms with Crippen LogP contribution in [0.4, 0.5) is 34.6 Å². The van der Waals surface area contributed by atoms with Crippen molar-refractivity contribution in [2.45, 2.75) is 89.1 Å². The molecule has 9 rings (SSSR count). The molecule has 18 nitrogen and oxygen atoms in total. The van der Waals surface area contributed by atoms with Gasteiger partial charge in [0.05, 0.1) is 23.9 Å². The Balaban J connectivity index is 0.925. The SMILES string of the molecule is C[CH]N1C[C@]2(c3cnc(C(F)(F)F)cc31)[C@H](CC(C)(C)C)N(C)[C@@H](C(=O)Nc1ccc(C(=O)N3CCN(c4ccc5c(c4)CN(C4CCC(=O)N(COP(=O)(O)O)C4=O)C5=O)CC3)cc1OC)[C@@H]2c1cccc(Cl)c1F. The Hall–Kier alpha value is -6.16. The number of nitrogens with one attached hydrogen (secondary N) is 1. The fourth-order valence-corrected chi connectivity index (χ4v) is 12.3. The number of phosphoric acid groups is 1. The number of piperazine rings is 1. The molecule has 1 aromatic heterocycles. The van der Waals surface area contributed by atoms with E-state index in [4.69, 9.17) is 26.1 Å². The third-order valence-electron chi connectivity index (χ3n) is 15.3. The van der Waals surface area contributed by atoms with Crippen molar-refractivity contribution in [2.24, 2.45) is 5.41 Å². The average molecular weight is 1100 g/mol. The first-order valence-corrected chi connectivity index (χ1v) is 26.5. The maximum absolute atomic E-state index is 16.6. The van der Waals surface area contributed by atoms with E-state index in [-0.39, 0.29) is 70.5 Å². The molecule has 1 radical (unpaired) electrons. The van der Waals surface area contributed by atoms with Crippen LogP contribution in [0.15, 0.2) is 66.9 Å². The van der Waals surface area contributed by atoms with Crippen LogP contribution in [0.1, 0.15) is 96.0 Å². The maximum Gasteiger partial charge on any atom is 0.471 e. The van der Waals surface area contributed by atoms with Crippen molar-refractivity contribution in [3.05, 3.63) is 118 Å². The van der Waals surface area contributed by atoms with Crippen LogP contribution in [-0.4, -0.2) is 136 Å². The molecular formula is C52H57ClF4N8O10P. The smallest absolute Gasteiger partial charge is 0.471 e. The number of likely N-dealkylation sites (N-methyl/N-ethyl adjacent to an activating group) is 1. The molecule has 3 fully saturated rings. The molecule has 24 heteroatoms. The van der Waals surface area contributed by atoms with Gasteiger partial charge in [-0.3, -0.25) is 43.3 Å². The standard InChI is InChI=1S/C52H57ClF4N8O10P/c1-7-61-27-51(34-25-58-40(23-38(34)61)52(55,56)57)41(24-50(2,3)4)60(5)45(43(51)33-9-8-10-35(53)44(33)54)46(67)59-36-14-11-29(22-39(36)74-6)47(68)63-19-17-62(18-20-63)31-12-13-32-30(21-31)26-64(48(32)69)37-15-16-42(66)65(49(37)70)28-75-76(71,72)73/h7-14,21-23,25,37,41,43,45H,15-20,24,26-28H2,1-6H3,(H,59,67)(H2,71,72,73)/t37?,41-,43-,45+,51-/m0/s1. The number of anilines is 3. The Kier molecular flexibility index (Phi) is 14.6. The van der Waals surface area contributed by atoms with Crippen LogP contribution in [0.25, 0.3) is 0 Å². The first-order valence-electron chi connectivity index (χ1n) is 24.6. The summed E-state index contributed by atoms with van der Waals surface area (Å²) in [6, 6.07) is 12.7. The number of amides is 5. The van der Waals surface area contributed by atoms with Crippen LogP contribution in [0.5, 0.6) is 5.75 Å². The fourth-order valence-electron chi connectivity index (χ4n) is 11.8. The third kappa shape index (κ3) is 10.0. The molecule has 4 aromatic rings. The lowest BCUT2D eigenvalue weighted by Gasteiger charge is -2.41. The Morgan fingerprint density at radius 1 is 1.01 bits per heavy atom. The van der Waals surface area contributed by atoms with Crippen LogP contribution < -0.4 is 19.9 Å². The number of phosphoric ester groups is 1. The molecule has 3 aromatic carbocycles. The van der Waals surface area contributed by atoms with Gasteiger partial charge in [0, 0.05) is 104 Å². The number of carbonyl (C=O) groups is 5. The number of alkyl halides is 3. The van der Waals surface area contributed by atoms with Crippen molar-refractivity contribution in [2.75, 3.05) is 68.7 Å². The number of hydrogen-bond acceptors (Lipinski definition) is 12. The van der Waals surface area contributed by atoms with Gasteiger partial charge in [-0.15, -0.1) is 0 Å². The number of nitrogens with zero attached hydrogens (tertiary/aromatic N) is 7. The summed E-state index contributed by atoms with van der Waals surface area (Å²) in [5, 5.41) is 2.81. The van der Waals surface area contributed by atoms with Gasteiger partial charge in [0.2, 0.25) is 11.8 Å². The van der Waals surface area contributed by atoms with E-state index in [0.29, 0.717) is 54.2 Å². The average Bonchev–Trinajstić information content (AvgIpc) is 4.11. The Bertz CT molecular complexity index is 3060. The molecule has 6 heterocycles. The van der Waals surface area contributed by atoms with Gasteiger partial charge in [-0.25, -0.2) is 8.96 Å². The Morgan fingerprint density at radius 2 is 1.74 bits per heavy atom. The van der Waals surface area contributed by atoms with Crippen molar-refractivity contribution >= 4 is 66.0 Å². The van der Waals surface area contributed by atoms with Crippen LogP contribution in [0.2, 0.25) is 5.02 Å². The highest BCUT2D eigenvalue weighted by molar-refractivity contribution is 7.46. The highest BCUT2D eigenvalue weighted by atomic mass is 35.5. The second-order valence-corrected chi connectivity index (χ2v) is 22.6. The Labute approximate surface area is 441 Å². The monoisotopic (exact) mass is 1100 g/mol. The summed E-state index contributed by atoms with van der Waals surface area (Å²) in [6.07, 6.45) is -3.17. The van der Waals surface area contributed by atoms with Crippen molar-refractivity contribution in [1.82, 2.24) is 24.6 Å². The molecule has 3 saturated heterocycles. The normalized spacial score (nSPS) is 23.2. The topological polar surface area (TPSA) is 206 Å². The molecule has 405 valence electrons. The van der Waals surface area contributed by atoms with Crippen LogP contribution in [0, 0.1) is 17.8 Å². The summed E-state index contributed by atoms with van der Waals surface area (Å²) < 4.78 is 80.7. The molecule has 5 amide bonds. The highest BCUT2D eigenvalue weighted by Gasteiger charge is 2.66. The number of benzene rings is 3. The molecule has 3 N–H and O–H groups in total. The molecule has 76 heavy (non-hydrogen) atoms. The van der Waals surface area contributed by atoms with Crippen molar-refractivity contribution in [3.8, 4) is 5.75 Å². The van der Waals surface area contributed by atoms with Crippen molar-refractivity contribution in [3.63, 3.8) is 0 Å². The van der Waals surface area contributed by atoms with Gasteiger partial charge in [-0.2, -0.15) is 13.2 Å². The summed E-state index contributed by atoms with van der Waals surface area (Å²) in [4.78, 5) is 99.9. The van der Waals surface area contributed by atoms with Crippen molar-refractivity contribution in [1.29, 1.82) is 0 Å². The molecule has 5 aliphatic heterocycles. The lowest BCUT2D eigenvalue weighted by atomic mass is 9.63. The van der Waals surface area contributed by atoms with E-state index in [1.165, 1.54) is 30.3 Å². The number of carbonyl (C=O) groups excluding carboxylic acids is 5. The molecule has 0 aliphatic carbocycles. The Morgan fingerprint density at radius 3 is 2.39 bits per heavy atom. The number of ether oxygens (including phenoxy) is 1. The minimum absolute atomic E-state index is 0.0354. The summed E-state index contributed by atoms with van der Waals surface area (Å²) in [5.74, 6) is -4.36. The van der Waals surface area contributed by atoms with E-state index < -0.39 is 85.3 Å². The fraction of sp³-hybridized carbons (Fsp3) is 0.442. The minimum atomic E-state index is -4.99. The van der Waals surface area contributed by atoms with E-state index in [9.17, 15) is 36.9 Å². The lowest BCUT2D eigenvalue weighted by Crippen LogP contribution is -2.55. The van der Waals surface area contributed by atoms with Crippen LogP contribution in [0.3, 0.4) is 0 Å². The number of rotatable bonds is 12. The molecular weight excluding hydrogens is 1040 g/mol. The number of methoxy groups -OCH3 is 1. The zero-order chi connectivity index (χ0) is 55.0. The summed E-state index contributed by atoms with van der Waals surface area (Å²) in [5.41, 5.74) is 0.435. The van der Waals surface area contributed by atoms with Crippen LogP contribution >= 0.6 is 19.4 Å². The number of halogens is 5. The molecule has 1 unspecified atom stereocenters. The van der Waals surface area contributed by atoms with E-state index >= 15 is 9.18 Å². The zero-order valence-corrected chi connectivity index (χ0v) is 44.1. The minimum Gasteiger partial charge on any atom is -0.495 e. The quantitative estimate of drug-likeness (QED) is 0.0730. The third-order valence-corrected chi connectivity index (χ3v) is 16.0. The number of piperidine rings is 1. The summed E-state index contributed by atoms with van der Waals surface area (Å²) >= 11 is 6.46. The number of aromatic nitrogens is 1. The summed E-state index contributed by atoms with van der Waals surface area (Å²) in [7, 11) is -1.83. The summed E-state index contributed by atoms with van der Waals surface area (Å²) in [6.45, 7) is 10.1. The molecule has 0 saturated carbocycles. The van der Waals surface area contributed by atoms with Gasteiger partial charge in [0.1, 0.15) is 30.0 Å². The van der Waals surface area contributed by atoms with E-state index in [2.05, 4.69) is 19.7 Å². The lowest BCUT2D eigenvalue weighted by molar-refractivity contribution is -0.156. The van der Waals surface area contributed by atoms with Crippen LogP contribution in [-0.2, 0) is 41.6 Å². The number of fused-ring (bicyclic) bond motifs is 3. The predicted octanol–water partition coefficient (Wildman–Crippen LogP) is 7.18. The number of likely N-dealkylation sites (tertiary alicyclic amines) is 2. The van der Waals surface area contributed by atoms with Gasteiger partial charge < -0.3 is 39.4 Å².